The van der Waals surface area contributed by atoms with E-state index >= 15 is 0 Å². The third-order valence-corrected chi connectivity index (χ3v) is 3.81. The fraction of sp³-hybridized carbons (Fsp3) is 0.571. The number of halogens is 2. The van der Waals surface area contributed by atoms with E-state index in [1.807, 2.05) is 26.8 Å². The van der Waals surface area contributed by atoms with Crippen molar-refractivity contribution in [3.63, 3.8) is 0 Å². The van der Waals surface area contributed by atoms with Gasteiger partial charge in [-0.1, -0.05) is 11.6 Å². The number of carbonyl (C=O) groups is 1. The van der Waals surface area contributed by atoms with Crippen molar-refractivity contribution in [3.05, 3.63) is 21.8 Å². The first-order valence-corrected chi connectivity index (χ1v) is 7.97. The zero-order valence-electron chi connectivity index (χ0n) is 12.4. The van der Waals surface area contributed by atoms with E-state index < -0.39 is 5.60 Å². The molecule has 0 spiro atoms. The first kappa shape index (κ1) is 16.4. The van der Waals surface area contributed by atoms with Crippen molar-refractivity contribution in [3.8, 4) is 0 Å². The molecule has 1 saturated heterocycles. The lowest BCUT2D eigenvalue weighted by Gasteiger charge is -2.36. The molecule has 116 valence electrons. The molecule has 0 aliphatic carbocycles. The highest BCUT2D eigenvalue weighted by Crippen LogP contribution is 2.27. The maximum absolute atomic E-state index is 12.0. The molecule has 7 heteroatoms. The van der Waals surface area contributed by atoms with Crippen LogP contribution >= 0.6 is 27.5 Å². The van der Waals surface area contributed by atoms with E-state index in [-0.39, 0.29) is 6.09 Å². The Morgan fingerprint density at radius 3 is 2.48 bits per heavy atom. The molecule has 0 saturated carbocycles. The number of pyridine rings is 1. The number of rotatable bonds is 1. The van der Waals surface area contributed by atoms with Crippen LogP contribution in [0.4, 0.5) is 10.6 Å². The quantitative estimate of drug-likeness (QED) is 0.752. The Morgan fingerprint density at radius 1 is 1.33 bits per heavy atom. The maximum Gasteiger partial charge on any atom is 0.410 e. The van der Waals surface area contributed by atoms with E-state index in [9.17, 15) is 4.79 Å². The highest BCUT2D eigenvalue weighted by molar-refractivity contribution is 9.10. The van der Waals surface area contributed by atoms with Crippen molar-refractivity contribution >= 4 is 39.4 Å². The Labute approximate surface area is 138 Å². The second kappa shape index (κ2) is 6.40. The highest BCUT2D eigenvalue weighted by Gasteiger charge is 2.26. The van der Waals surface area contributed by atoms with Gasteiger partial charge in [0.15, 0.2) is 0 Å². The predicted octanol–water partition coefficient (Wildman–Crippen LogP) is 3.55. The fourth-order valence-electron chi connectivity index (χ4n) is 2.07. The van der Waals surface area contributed by atoms with Crippen molar-refractivity contribution in [2.24, 2.45) is 0 Å². The monoisotopic (exact) mass is 375 g/mol. The van der Waals surface area contributed by atoms with Crippen molar-refractivity contribution < 1.29 is 9.53 Å². The lowest BCUT2D eigenvalue weighted by Crippen LogP contribution is -2.50. The zero-order valence-corrected chi connectivity index (χ0v) is 14.7. The molecule has 1 fully saturated rings. The number of aromatic nitrogens is 1. The van der Waals surface area contributed by atoms with Gasteiger partial charge in [0.1, 0.15) is 11.4 Å². The normalized spacial score (nSPS) is 16.0. The largest absolute Gasteiger partial charge is 0.444 e. The molecule has 5 nitrogen and oxygen atoms in total. The summed E-state index contributed by atoms with van der Waals surface area (Å²) in [6, 6.07) is 1.82. The average molecular weight is 377 g/mol. The summed E-state index contributed by atoms with van der Waals surface area (Å²) in [6.45, 7) is 8.28. The second-order valence-electron chi connectivity index (χ2n) is 5.91. The van der Waals surface area contributed by atoms with Gasteiger partial charge >= 0.3 is 6.09 Å². The minimum absolute atomic E-state index is 0.259. The van der Waals surface area contributed by atoms with Gasteiger partial charge in [0.2, 0.25) is 0 Å². The number of hydrogen-bond donors (Lipinski definition) is 0. The lowest BCUT2D eigenvalue weighted by molar-refractivity contribution is 0.0240. The summed E-state index contributed by atoms with van der Waals surface area (Å²) in [5.41, 5.74) is -0.463. The Kier molecular flexibility index (Phi) is 4.99. The van der Waals surface area contributed by atoms with E-state index in [4.69, 9.17) is 16.3 Å². The van der Waals surface area contributed by atoms with E-state index in [1.165, 1.54) is 0 Å². The molecular formula is C14H19BrClN3O2. The van der Waals surface area contributed by atoms with Crippen LogP contribution in [-0.4, -0.2) is 47.8 Å². The van der Waals surface area contributed by atoms with Gasteiger partial charge in [-0.3, -0.25) is 0 Å². The summed E-state index contributed by atoms with van der Waals surface area (Å²) in [5, 5.41) is 0.595. The molecule has 1 amide bonds. The predicted molar refractivity (Wildman–Crippen MR) is 87.0 cm³/mol. The Bertz CT molecular complexity index is 525. The lowest BCUT2D eigenvalue weighted by atomic mass is 10.2. The Balaban J connectivity index is 1.95. The molecule has 0 N–H and O–H groups in total. The van der Waals surface area contributed by atoms with Crippen LogP contribution in [0.5, 0.6) is 0 Å². The summed E-state index contributed by atoms with van der Waals surface area (Å²) in [6.07, 6.45) is 1.37. The molecule has 1 aromatic rings. The van der Waals surface area contributed by atoms with Crippen LogP contribution in [-0.2, 0) is 4.74 Å². The number of ether oxygens (including phenoxy) is 1. The number of hydrogen-bond acceptors (Lipinski definition) is 4. The molecule has 2 rings (SSSR count). The smallest absolute Gasteiger partial charge is 0.410 e. The highest BCUT2D eigenvalue weighted by atomic mass is 79.9. The average Bonchev–Trinajstić information content (AvgIpc) is 2.37. The fourth-order valence-corrected chi connectivity index (χ4v) is 2.96. The number of anilines is 1. The van der Waals surface area contributed by atoms with Gasteiger partial charge in [-0.2, -0.15) is 0 Å². The van der Waals surface area contributed by atoms with Crippen LogP contribution in [0.15, 0.2) is 16.7 Å². The van der Waals surface area contributed by atoms with Gasteiger partial charge < -0.3 is 14.5 Å². The molecule has 0 unspecified atom stereocenters. The molecule has 21 heavy (non-hydrogen) atoms. The third kappa shape index (κ3) is 4.48. The van der Waals surface area contributed by atoms with Gasteiger partial charge in [0.05, 0.1) is 9.50 Å². The van der Waals surface area contributed by atoms with Crippen molar-refractivity contribution in [1.29, 1.82) is 0 Å². The summed E-state index contributed by atoms with van der Waals surface area (Å²) in [4.78, 5) is 20.2. The standard InChI is InChI=1S/C14H19BrClN3O2/c1-14(2,3)21-13(20)19-6-4-18(5-7-19)12-11(15)8-10(16)9-17-12/h8-9H,4-7H2,1-3H3. The van der Waals surface area contributed by atoms with Crippen LogP contribution < -0.4 is 4.90 Å². The first-order valence-electron chi connectivity index (χ1n) is 6.80. The molecule has 1 aliphatic rings. The number of carbonyl (C=O) groups excluding carboxylic acids is 1. The number of nitrogens with zero attached hydrogens (tertiary/aromatic N) is 3. The molecule has 1 aromatic heterocycles. The first-order chi connectivity index (χ1) is 9.76. The third-order valence-electron chi connectivity index (χ3n) is 3.02. The minimum atomic E-state index is -0.463. The second-order valence-corrected chi connectivity index (χ2v) is 7.20. The molecule has 2 heterocycles. The molecule has 0 atom stereocenters. The summed E-state index contributed by atoms with van der Waals surface area (Å²) < 4.78 is 6.25. The zero-order chi connectivity index (χ0) is 15.6. The Hall–Kier alpha value is -1.01. The molecule has 0 bridgehead atoms. The molecule has 0 radical (unpaired) electrons. The van der Waals surface area contributed by atoms with E-state index in [0.29, 0.717) is 31.2 Å². The summed E-state index contributed by atoms with van der Waals surface area (Å²) in [5.74, 6) is 0.850. The topological polar surface area (TPSA) is 45.7 Å². The van der Waals surface area contributed by atoms with Crippen LogP contribution in [0.2, 0.25) is 5.02 Å². The number of piperazine rings is 1. The van der Waals surface area contributed by atoms with Crippen molar-refractivity contribution in [1.82, 2.24) is 9.88 Å². The minimum Gasteiger partial charge on any atom is -0.444 e. The van der Waals surface area contributed by atoms with Gasteiger partial charge in [0, 0.05) is 32.4 Å². The van der Waals surface area contributed by atoms with Crippen LogP contribution in [0.25, 0.3) is 0 Å². The molecular weight excluding hydrogens is 358 g/mol. The maximum atomic E-state index is 12.0. The van der Waals surface area contributed by atoms with E-state index in [2.05, 4.69) is 25.8 Å². The van der Waals surface area contributed by atoms with Crippen LogP contribution in [0.3, 0.4) is 0 Å². The summed E-state index contributed by atoms with van der Waals surface area (Å²) >= 11 is 9.37. The van der Waals surface area contributed by atoms with Crippen LogP contribution in [0.1, 0.15) is 20.8 Å². The van der Waals surface area contributed by atoms with Gasteiger partial charge in [-0.05, 0) is 42.8 Å². The van der Waals surface area contributed by atoms with E-state index in [0.717, 1.165) is 10.3 Å². The van der Waals surface area contributed by atoms with Gasteiger partial charge in [0.25, 0.3) is 0 Å². The molecule has 0 aromatic carbocycles. The van der Waals surface area contributed by atoms with Gasteiger partial charge in [-0.25, -0.2) is 9.78 Å². The SMILES string of the molecule is CC(C)(C)OC(=O)N1CCN(c2ncc(Cl)cc2Br)CC1. The molecule has 1 aliphatic heterocycles. The van der Waals surface area contributed by atoms with Crippen LogP contribution in [0, 0.1) is 0 Å². The van der Waals surface area contributed by atoms with Gasteiger partial charge in [-0.15, -0.1) is 0 Å². The summed E-state index contributed by atoms with van der Waals surface area (Å²) in [7, 11) is 0. The Morgan fingerprint density at radius 2 is 1.95 bits per heavy atom. The van der Waals surface area contributed by atoms with E-state index in [1.54, 1.807) is 11.1 Å². The van der Waals surface area contributed by atoms with Crippen molar-refractivity contribution in [2.75, 3.05) is 31.1 Å². The number of amides is 1. The van der Waals surface area contributed by atoms with Crippen molar-refractivity contribution in [2.45, 2.75) is 26.4 Å².